The summed E-state index contributed by atoms with van der Waals surface area (Å²) in [5.41, 5.74) is 3.97. The molecule has 1 fully saturated rings. The molecule has 0 bridgehead atoms. The van der Waals surface area contributed by atoms with E-state index in [1.54, 1.807) is 24.9 Å². The average molecular weight is 442 g/mol. The number of carbonyl (C=O) groups excluding carboxylic acids is 2. The van der Waals surface area contributed by atoms with Gasteiger partial charge in [0.15, 0.2) is 0 Å². The summed E-state index contributed by atoms with van der Waals surface area (Å²) in [5, 5.41) is 11.8. The first-order valence-corrected chi connectivity index (χ1v) is 12.0. The SMILES string of the molecule is CCCN(C)C(=O)c1cc(C(=O)N(O)CC)c2[nH]c3c(c2c1)CC(C1CCOCC1)CC3. The molecule has 0 spiro atoms. The van der Waals surface area contributed by atoms with E-state index in [4.69, 9.17) is 4.74 Å². The highest BCUT2D eigenvalue weighted by Gasteiger charge is 2.31. The molecule has 4 rings (SSSR count). The van der Waals surface area contributed by atoms with Crippen molar-refractivity contribution in [2.24, 2.45) is 11.8 Å². The Morgan fingerprint density at radius 1 is 1.12 bits per heavy atom. The fourth-order valence-electron chi connectivity index (χ4n) is 5.37. The van der Waals surface area contributed by atoms with E-state index in [9.17, 15) is 14.8 Å². The van der Waals surface area contributed by atoms with Gasteiger partial charge in [-0.15, -0.1) is 0 Å². The summed E-state index contributed by atoms with van der Waals surface area (Å²) in [6.07, 6.45) is 6.09. The van der Waals surface area contributed by atoms with Crippen molar-refractivity contribution in [1.82, 2.24) is 14.9 Å². The largest absolute Gasteiger partial charge is 0.381 e. The molecule has 1 aromatic heterocycles. The molecule has 2 amide bonds. The van der Waals surface area contributed by atoms with Gasteiger partial charge in [0.25, 0.3) is 11.8 Å². The van der Waals surface area contributed by atoms with Crippen molar-refractivity contribution in [2.45, 2.75) is 52.4 Å². The quantitative estimate of drug-likeness (QED) is 0.523. The van der Waals surface area contributed by atoms with Crippen LogP contribution in [0.25, 0.3) is 10.9 Å². The van der Waals surface area contributed by atoms with Gasteiger partial charge in [-0.3, -0.25) is 14.8 Å². The molecule has 1 aliphatic heterocycles. The lowest BCUT2D eigenvalue weighted by atomic mass is 9.75. The van der Waals surface area contributed by atoms with Gasteiger partial charge in [0, 0.05) is 50.0 Å². The summed E-state index contributed by atoms with van der Waals surface area (Å²) < 4.78 is 5.56. The van der Waals surface area contributed by atoms with Gasteiger partial charge in [-0.2, -0.15) is 0 Å². The molecule has 1 saturated heterocycles. The molecule has 32 heavy (non-hydrogen) atoms. The molecular formula is C25H35N3O4. The number of amides is 2. The number of nitrogens with zero attached hydrogens (tertiary/aromatic N) is 2. The lowest BCUT2D eigenvalue weighted by Gasteiger charge is -2.33. The molecule has 1 aromatic carbocycles. The molecule has 0 saturated carbocycles. The van der Waals surface area contributed by atoms with Gasteiger partial charge in [0.1, 0.15) is 0 Å². The number of aromatic nitrogens is 1. The normalized spacial score (nSPS) is 19.1. The molecule has 1 aliphatic carbocycles. The zero-order chi connectivity index (χ0) is 22.8. The highest BCUT2D eigenvalue weighted by atomic mass is 16.5. The second-order valence-electron chi connectivity index (χ2n) is 9.23. The van der Waals surface area contributed by atoms with Crippen LogP contribution < -0.4 is 0 Å². The van der Waals surface area contributed by atoms with E-state index in [-0.39, 0.29) is 12.5 Å². The minimum Gasteiger partial charge on any atom is -0.381 e. The lowest BCUT2D eigenvalue weighted by Crippen LogP contribution is -2.29. The van der Waals surface area contributed by atoms with Crippen molar-refractivity contribution in [3.8, 4) is 0 Å². The molecule has 7 heteroatoms. The van der Waals surface area contributed by atoms with Crippen LogP contribution in [0.15, 0.2) is 12.1 Å². The Bertz CT molecular complexity index is 993. The first-order chi connectivity index (χ1) is 15.4. The third-order valence-electron chi connectivity index (χ3n) is 7.18. The maximum atomic E-state index is 13.1. The van der Waals surface area contributed by atoms with E-state index in [2.05, 4.69) is 4.98 Å². The molecule has 7 nitrogen and oxygen atoms in total. The molecule has 1 unspecified atom stereocenters. The predicted molar refractivity (Wildman–Crippen MR) is 123 cm³/mol. The second kappa shape index (κ2) is 9.63. The smallest absolute Gasteiger partial charge is 0.279 e. The minimum atomic E-state index is -0.482. The van der Waals surface area contributed by atoms with E-state index in [1.165, 1.54) is 5.56 Å². The summed E-state index contributed by atoms with van der Waals surface area (Å²) in [7, 11) is 1.79. The summed E-state index contributed by atoms with van der Waals surface area (Å²) in [5.74, 6) is 0.675. The maximum absolute atomic E-state index is 13.1. The number of H-pyrrole nitrogens is 1. The number of hydrogen-bond donors (Lipinski definition) is 2. The number of hydroxylamine groups is 2. The predicted octanol–water partition coefficient (Wildman–Crippen LogP) is 4.03. The summed E-state index contributed by atoms with van der Waals surface area (Å²) >= 11 is 0. The number of benzene rings is 1. The van der Waals surface area contributed by atoms with E-state index in [0.29, 0.717) is 34.6 Å². The maximum Gasteiger partial charge on any atom is 0.279 e. The number of rotatable bonds is 6. The van der Waals surface area contributed by atoms with Crippen LogP contribution in [0.2, 0.25) is 0 Å². The topological polar surface area (TPSA) is 85.9 Å². The number of carbonyl (C=O) groups is 2. The van der Waals surface area contributed by atoms with Crippen LogP contribution in [0.5, 0.6) is 0 Å². The fraction of sp³-hybridized carbons (Fsp3) is 0.600. The van der Waals surface area contributed by atoms with Gasteiger partial charge in [-0.1, -0.05) is 6.92 Å². The van der Waals surface area contributed by atoms with Gasteiger partial charge in [0.05, 0.1) is 11.1 Å². The van der Waals surface area contributed by atoms with E-state index >= 15 is 0 Å². The van der Waals surface area contributed by atoms with Crippen molar-refractivity contribution >= 4 is 22.7 Å². The zero-order valence-corrected chi connectivity index (χ0v) is 19.4. The van der Waals surface area contributed by atoms with Crippen LogP contribution in [0.1, 0.15) is 71.5 Å². The number of nitrogens with one attached hydrogen (secondary N) is 1. The molecule has 1 atom stereocenters. The van der Waals surface area contributed by atoms with Gasteiger partial charge in [-0.25, -0.2) is 5.06 Å². The zero-order valence-electron chi connectivity index (χ0n) is 19.4. The minimum absolute atomic E-state index is 0.101. The number of aromatic amines is 1. The van der Waals surface area contributed by atoms with Gasteiger partial charge in [0.2, 0.25) is 0 Å². The number of aryl methyl sites for hydroxylation is 1. The number of ether oxygens (including phenoxy) is 1. The first kappa shape index (κ1) is 22.8. The molecular weight excluding hydrogens is 406 g/mol. The van der Waals surface area contributed by atoms with Gasteiger partial charge < -0.3 is 14.6 Å². The molecule has 174 valence electrons. The highest BCUT2D eigenvalue weighted by Crippen LogP contribution is 2.39. The third-order valence-corrected chi connectivity index (χ3v) is 7.18. The molecule has 2 aliphatic rings. The van der Waals surface area contributed by atoms with Crippen molar-refractivity contribution in [2.75, 3.05) is 33.4 Å². The van der Waals surface area contributed by atoms with Crippen molar-refractivity contribution in [3.05, 3.63) is 34.5 Å². The number of fused-ring (bicyclic) bond motifs is 3. The van der Waals surface area contributed by atoms with E-state index in [0.717, 1.165) is 68.3 Å². The van der Waals surface area contributed by atoms with Crippen molar-refractivity contribution < 1.29 is 19.5 Å². The molecule has 2 N–H and O–H groups in total. The van der Waals surface area contributed by atoms with Crippen LogP contribution in [-0.4, -0.2) is 65.3 Å². The van der Waals surface area contributed by atoms with Crippen molar-refractivity contribution in [1.29, 1.82) is 0 Å². The van der Waals surface area contributed by atoms with Crippen LogP contribution in [0, 0.1) is 11.8 Å². The summed E-state index contributed by atoms with van der Waals surface area (Å²) in [4.78, 5) is 31.3. The highest BCUT2D eigenvalue weighted by molar-refractivity contribution is 6.10. The Kier molecular flexibility index (Phi) is 6.86. The van der Waals surface area contributed by atoms with E-state index < -0.39 is 5.91 Å². The Morgan fingerprint density at radius 2 is 1.88 bits per heavy atom. The van der Waals surface area contributed by atoms with Crippen LogP contribution >= 0.6 is 0 Å². The first-order valence-electron chi connectivity index (χ1n) is 12.0. The van der Waals surface area contributed by atoms with Gasteiger partial charge in [-0.05, 0) is 75.0 Å². The Morgan fingerprint density at radius 3 is 2.56 bits per heavy atom. The second-order valence-corrected chi connectivity index (χ2v) is 9.23. The van der Waals surface area contributed by atoms with Crippen molar-refractivity contribution in [3.63, 3.8) is 0 Å². The average Bonchev–Trinajstić information content (AvgIpc) is 3.20. The number of hydrogen-bond acceptors (Lipinski definition) is 4. The van der Waals surface area contributed by atoms with Crippen LogP contribution in [0.3, 0.4) is 0 Å². The van der Waals surface area contributed by atoms with Crippen LogP contribution in [-0.2, 0) is 17.6 Å². The van der Waals surface area contributed by atoms with Crippen LogP contribution in [0.4, 0.5) is 0 Å². The fourth-order valence-corrected chi connectivity index (χ4v) is 5.37. The third kappa shape index (κ3) is 4.28. The van der Waals surface area contributed by atoms with Gasteiger partial charge >= 0.3 is 0 Å². The summed E-state index contributed by atoms with van der Waals surface area (Å²) in [6, 6.07) is 3.58. The standard InChI is InChI=1S/C25H35N3O4/c1-4-10-27(3)24(29)18-14-20-19-13-17(16-8-11-32-12-9-16)6-7-22(19)26-23(20)21(15-18)25(30)28(31)5-2/h14-17,26,31H,4-13H2,1-3H3. The lowest BCUT2D eigenvalue weighted by molar-refractivity contribution is -0.0540. The molecule has 2 aromatic rings. The molecule has 0 radical (unpaired) electrons. The monoisotopic (exact) mass is 441 g/mol. The Hall–Kier alpha value is -2.38. The Labute approximate surface area is 189 Å². The Balaban J connectivity index is 1.78. The molecule has 2 heterocycles. The summed E-state index contributed by atoms with van der Waals surface area (Å²) in [6.45, 7) is 6.26. The van der Waals surface area contributed by atoms with E-state index in [1.807, 2.05) is 13.0 Å².